The Labute approximate surface area is 122 Å². The van der Waals surface area contributed by atoms with Gasteiger partial charge in [0.1, 0.15) is 0 Å². The molecule has 1 saturated heterocycles. The summed E-state index contributed by atoms with van der Waals surface area (Å²) in [6.45, 7) is 3.12. The Morgan fingerprint density at radius 1 is 1.29 bits per heavy atom. The van der Waals surface area contributed by atoms with E-state index < -0.39 is 0 Å². The van der Waals surface area contributed by atoms with Crippen LogP contribution < -0.4 is 0 Å². The van der Waals surface area contributed by atoms with Gasteiger partial charge in [-0.3, -0.25) is 10.00 Å². The summed E-state index contributed by atoms with van der Waals surface area (Å²) >= 11 is 0. The van der Waals surface area contributed by atoms with Crippen LogP contribution in [0.4, 0.5) is 0 Å². The SMILES string of the molecule is c1ncc(CN2CCCC(c3ccc4cn[nH]c4n3)C2)[nH]1. The van der Waals surface area contributed by atoms with E-state index in [1.165, 1.54) is 24.2 Å². The van der Waals surface area contributed by atoms with Crippen molar-refractivity contribution in [3.8, 4) is 0 Å². The fourth-order valence-electron chi connectivity index (χ4n) is 3.12. The highest BCUT2D eigenvalue weighted by Crippen LogP contribution is 2.27. The normalized spacial score (nSPS) is 20.1. The van der Waals surface area contributed by atoms with Crippen LogP contribution in [-0.2, 0) is 6.54 Å². The molecule has 1 aliphatic rings. The van der Waals surface area contributed by atoms with Crippen LogP contribution in [0.2, 0.25) is 0 Å². The number of hydrogen-bond donors (Lipinski definition) is 2. The Morgan fingerprint density at radius 2 is 2.29 bits per heavy atom. The number of aromatic nitrogens is 5. The molecule has 0 aliphatic carbocycles. The van der Waals surface area contributed by atoms with Crippen molar-refractivity contribution in [3.63, 3.8) is 0 Å². The van der Waals surface area contributed by atoms with Crippen LogP contribution in [0.5, 0.6) is 0 Å². The molecule has 6 heteroatoms. The van der Waals surface area contributed by atoms with E-state index in [9.17, 15) is 0 Å². The lowest BCUT2D eigenvalue weighted by Crippen LogP contribution is -2.34. The van der Waals surface area contributed by atoms with Gasteiger partial charge in [-0.05, 0) is 31.5 Å². The molecule has 0 aromatic carbocycles. The Morgan fingerprint density at radius 3 is 3.19 bits per heavy atom. The van der Waals surface area contributed by atoms with Gasteiger partial charge in [0.15, 0.2) is 5.65 Å². The second-order valence-corrected chi connectivity index (χ2v) is 5.70. The maximum atomic E-state index is 4.73. The lowest BCUT2D eigenvalue weighted by Gasteiger charge is -2.32. The van der Waals surface area contributed by atoms with Gasteiger partial charge in [-0.1, -0.05) is 0 Å². The number of nitrogens with zero attached hydrogens (tertiary/aromatic N) is 4. The highest BCUT2D eigenvalue weighted by Gasteiger charge is 2.23. The van der Waals surface area contributed by atoms with E-state index in [-0.39, 0.29) is 0 Å². The van der Waals surface area contributed by atoms with Crippen molar-refractivity contribution in [2.45, 2.75) is 25.3 Å². The van der Waals surface area contributed by atoms with E-state index in [1.54, 1.807) is 6.33 Å². The first-order valence-electron chi connectivity index (χ1n) is 7.38. The van der Waals surface area contributed by atoms with E-state index in [1.807, 2.05) is 12.4 Å². The predicted molar refractivity (Wildman–Crippen MR) is 79.7 cm³/mol. The standard InChI is InChI=1S/C15H18N6/c1-2-12(8-21(5-1)9-13-7-16-10-17-13)14-4-3-11-6-18-20-15(11)19-14/h3-4,6-7,10,12H,1-2,5,8-9H2,(H,16,17)(H,18,19,20). The third-order valence-corrected chi connectivity index (χ3v) is 4.19. The van der Waals surface area contributed by atoms with Crippen LogP contribution in [0, 0.1) is 0 Å². The summed E-state index contributed by atoms with van der Waals surface area (Å²) in [4.78, 5) is 14.5. The van der Waals surface area contributed by atoms with Crippen molar-refractivity contribution in [3.05, 3.63) is 42.2 Å². The third-order valence-electron chi connectivity index (χ3n) is 4.19. The molecule has 6 nitrogen and oxygen atoms in total. The molecule has 4 heterocycles. The van der Waals surface area contributed by atoms with Crippen LogP contribution in [-0.4, -0.2) is 43.1 Å². The van der Waals surface area contributed by atoms with Gasteiger partial charge in [-0.15, -0.1) is 0 Å². The van der Waals surface area contributed by atoms with Crippen LogP contribution in [0.15, 0.2) is 30.9 Å². The molecule has 1 unspecified atom stereocenters. The Hall–Kier alpha value is -2.21. The molecule has 3 aromatic heterocycles. The van der Waals surface area contributed by atoms with Crippen molar-refractivity contribution in [1.82, 2.24) is 30.0 Å². The molecule has 1 fully saturated rings. The quantitative estimate of drug-likeness (QED) is 0.771. The van der Waals surface area contributed by atoms with Crippen molar-refractivity contribution < 1.29 is 0 Å². The van der Waals surface area contributed by atoms with Gasteiger partial charge >= 0.3 is 0 Å². The first kappa shape index (κ1) is 12.5. The molecule has 1 aliphatic heterocycles. The summed E-state index contributed by atoms with van der Waals surface area (Å²) in [7, 11) is 0. The number of piperidine rings is 1. The zero-order chi connectivity index (χ0) is 14.1. The maximum Gasteiger partial charge on any atom is 0.155 e. The predicted octanol–water partition coefficient (Wildman–Crippen LogP) is 2.06. The van der Waals surface area contributed by atoms with Crippen molar-refractivity contribution in [2.24, 2.45) is 0 Å². The Balaban J connectivity index is 1.51. The highest BCUT2D eigenvalue weighted by molar-refractivity contribution is 5.73. The summed E-state index contributed by atoms with van der Waals surface area (Å²) in [6, 6.07) is 4.25. The second-order valence-electron chi connectivity index (χ2n) is 5.70. The molecular weight excluding hydrogens is 264 g/mol. The molecule has 108 valence electrons. The van der Waals surface area contributed by atoms with Crippen molar-refractivity contribution in [2.75, 3.05) is 13.1 Å². The molecule has 1 atom stereocenters. The number of likely N-dealkylation sites (tertiary alicyclic amines) is 1. The fourth-order valence-corrected chi connectivity index (χ4v) is 3.12. The molecule has 0 saturated carbocycles. The number of H-pyrrole nitrogens is 2. The average molecular weight is 282 g/mol. The minimum atomic E-state index is 0.495. The third kappa shape index (κ3) is 2.54. The molecular formula is C15H18N6. The molecule has 21 heavy (non-hydrogen) atoms. The number of imidazole rings is 1. The van der Waals surface area contributed by atoms with Crippen LogP contribution in [0.3, 0.4) is 0 Å². The number of rotatable bonds is 3. The van der Waals surface area contributed by atoms with Gasteiger partial charge in [0.25, 0.3) is 0 Å². The Bertz CT molecular complexity index is 717. The zero-order valence-electron chi connectivity index (χ0n) is 11.8. The smallest absolute Gasteiger partial charge is 0.155 e. The molecule has 0 radical (unpaired) electrons. The minimum absolute atomic E-state index is 0.495. The maximum absolute atomic E-state index is 4.73. The molecule has 2 N–H and O–H groups in total. The number of hydrogen-bond acceptors (Lipinski definition) is 4. The number of aromatic amines is 2. The van der Waals surface area contributed by atoms with Gasteiger partial charge in [0.05, 0.1) is 12.5 Å². The molecule has 0 amide bonds. The second kappa shape index (κ2) is 5.29. The summed E-state index contributed by atoms with van der Waals surface area (Å²) in [5, 5.41) is 8.08. The lowest BCUT2D eigenvalue weighted by atomic mass is 9.94. The minimum Gasteiger partial charge on any atom is -0.347 e. The van der Waals surface area contributed by atoms with E-state index >= 15 is 0 Å². The number of nitrogens with one attached hydrogen (secondary N) is 2. The van der Waals surface area contributed by atoms with E-state index in [4.69, 9.17) is 4.98 Å². The summed E-state index contributed by atoms with van der Waals surface area (Å²) in [6.07, 6.45) is 7.87. The van der Waals surface area contributed by atoms with Crippen molar-refractivity contribution in [1.29, 1.82) is 0 Å². The van der Waals surface area contributed by atoms with Crippen LogP contribution in [0.25, 0.3) is 11.0 Å². The topological polar surface area (TPSA) is 73.5 Å². The lowest BCUT2D eigenvalue weighted by molar-refractivity contribution is 0.197. The van der Waals surface area contributed by atoms with Crippen LogP contribution >= 0.6 is 0 Å². The molecule has 3 aromatic rings. The number of fused-ring (bicyclic) bond motifs is 1. The van der Waals surface area contributed by atoms with Crippen LogP contribution in [0.1, 0.15) is 30.1 Å². The zero-order valence-corrected chi connectivity index (χ0v) is 11.8. The fraction of sp³-hybridized carbons (Fsp3) is 0.400. The van der Waals surface area contributed by atoms with Gasteiger partial charge in [0.2, 0.25) is 0 Å². The summed E-state index contributed by atoms with van der Waals surface area (Å²) in [5.74, 6) is 0.495. The molecule has 4 rings (SSSR count). The summed E-state index contributed by atoms with van der Waals surface area (Å²) < 4.78 is 0. The first-order chi connectivity index (χ1) is 10.4. The van der Waals surface area contributed by atoms with E-state index in [0.717, 1.165) is 30.7 Å². The van der Waals surface area contributed by atoms with E-state index in [0.29, 0.717) is 5.92 Å². The molecule has 0 spiro atoms. The average Bonchev–Trinajstić information content (AvgIpc) is 3.17. The largest absolute Gasteiger partial charge is 0.347 e. The van der Waals surface area contributed by atoms with Gasteiger partial charge in [-0.2, -0.15) is 5.10 Å². The summed E-state index contributed by atoms with van der Waals surface area (Å²) in [5.41, 5.74) is 3.23. The molecule has 0 bridgehead atoms. The monoisotopic (exact) mass is 282 g/mol. The highest BCUT2D eigenvalue weighted by atomic mass is 15.2. The van der Waals surface area contributed by atoms with Gasteiger partial charge in [0, 0.05) is 42.0 Å². The van der Waals surface area contributed by atoms with Gasteiger partial charge < -0.3 is 4.98 Å². The number of pyridine rings is 1. The van der Waals surface area contributed by atoms with Crippen molar-refractivity contribution >= 4 is 11.0 Å². The Kier molecular flexibility index (Phi) is 3.16. The van der Waals surface area contributed by atoms with Gasteiger partial charge in [-0.25, -0.2) is 9.97 Å². The van der Waals surface area contributed by atoms with E-state index in [2.05, 4.69) is 37.2 Å². The first-order valence-corrected chi connectivity index (χ1v) is 7.38.